The van der Waals surface area contributed by atoms with Crippen molar-refractivity contribution in [2.75, 3.05) is 13.1 Å². The average Bonchev–Trinajstić information content (AvgIpc) is 3.27. The van der Waals surface area contributed by atoms with E-state index in [1.165, 1.54) is 12.1 Å². The van der Waals surface area contributed by atoms with Crippen LogP contribution in [0.15, 0.2) is 48.8 Å². The Kier molecular flexibility index (Phi) is 4.90. The van der Waals surface area contributed by atoms with Crippen LogP contribution in [0.2, 0.25) is 0 Å². The molecule has 0 saturated carbocycles. The summed E-state index contributed by atoms with van der Waals surface area (Å²) in [5.74, 6) is -0.206. The van der Waals surface area contributed by atoms with Gasteiger partial charge in [0.1, 0.15) is 11.5 Å². The van der Waals surface area contributed by atoms with Gasteiger partial charge in [-0.2, -0.15) is 0 Å². The van der Waals surface area contributed by atoms with Crippen molar-refractivity contribution in [1.82, 2.24) is 24.9 Å². The van der Waals surface area contributed by atoms with Crippen LogP contribution in [0.5, 0.6) is 0 Å². The van der Waals surface area contributed by atoms with Crippen LogP contribution < -0.4 is 0 Å². The molecule has 2 atom stereocenters. The number of pyridine rings is 1. The Labute approximate surface area is 162 Å². The lowest BCUT2D eigenvalue weighted by molar-refractivity contribution is -0.00494. The van der Waals surface area contributed by atoms with Gasteiger partial charge in [0.25, 0.3) is 0 Å². The molecule has 2 aliphatic heterocycles. The number of rotatable bonds is 3. The number of likely N-dealkylation sites (tertiary alicyclic amines) is 1. The zero-order chi connectivity index (χ0) is 17.5. The van der Waals surface area contributed by atoms with Gasteiger partial charge < -0.3 is 4.74 Å². The van der Waals surface area contributed by atoms with Gasteiger partial charge in [-0.3, -0.25) is 9.88 Å². The lowest BCUT2D eigenvalue weighted by Crippen LogP contribution is -2.32. The van der Waals surface area contributed by atoms with Crippen LogP contribution in [0.3, 0.4) is 0 Å². The molecule has 4 heterocycles. The molecule has 3 aromatic rings. The molecule has 0 bridgehead atoms. The molecule has 0 N–H and O–H groups in total. The molecule has 0 radical (unpaired) electrons. The van der Waals surface area contributed by atoms with Crippen LogP contribution in [0, 0.1) is 5.82 Å². The van der Waals surface area contributed by atoms with Crippen LogP contribution in [0.4, 0.5) is 4.39 Å². The predicted octanol–water partition coefficient (Wildman–Crippen LogP) is 2.86. The lowest BCUT2D eigenvalue weighted by atomic mass is 10.1. The van der Waals surface area contributed by atoms with E-state index in [1.54, 1.807) is 12.4 Å². The molecule has 1 fully saturated rings. The summed E-state index contributed by atoms with van der Waals surface area (Å²) in [5.41, 5.74) is 3.90. The van der Waals surface area contributed by atoms with Gasteiger partial charge in [0.15, 0.2) is 0 Å². The number of aromatic nitrogens is 4. The normalized spacial score (nSPS) is 21.4. The first-order chi connectivity index (χ1) is 12.8. The zero-order valence-corrected chi connectivity index (χ0v) is 15.3. The second kappa shape index (κ2) is 7.34. The molecule has 0 unspecified atom stereocenters. The van der Waals surface area contributed by atoms with Gasteiger partial charge in [-0.05, 0) is 29.8 Å². The highest BCUT2D eigenvalue weighted by atomic mass is 35.5. The molecule has 6 nitrogen and oxygen atoms in total. The maximum Gasteiger partial charge on any atom is 0.123 e. The Morgan fingerprint density at radius 3 is 2.78 bits per heavy atom. The number of nitrogens with zero attached hydrogens (tertiary/aromatic N) is 5. The van der Waals surface area contributed by atoms with Crippen molar-refractivity contribution in [3.63, 3.8) is 0 Å². The number of benzene rings is 1. The van der Waals surface area contributed by atoms with Crippen molar-refractivity contribution < 1.29 is 9.13 Å². The Morgan fingerprint density at radius 1 is 1.15 bits per heavy atom. The summed E-state index contributed by atoms with van der Waals surface area (Å²) in [5, 5.41) is 8.79. The number of hydrogen-bond acceptors (Lipinski definition) is 5. The summed E-state index contributed by atoms with van der Waals surface area (Å²) in [6, 6.07) is 10.7. The summed E-state index contributed by atoms with van der Waals surface area (Å²) in [6.45, 7) is 2.95. The van der Waals surface area contributed by atoms with Gasteiger partial charge in [0.05, 0.1) is 24.4 Å². The standard InChI is InChI=1S/C19H18FN5O.ClH/c20-15-5-3-13(4-6-15)9-24-10-16-18(11-24)26-12-17-19(22-23-25(16)17)14-2-1-7-21-8-14;/h1-8,16,18H,9-12H2;1H/t16-,18-;/m0./s1. The molecule has 27 heavy (non-hydrogen) atoms. The average molecular weight is 388 g/mol. The van der Waals surface area contributed by atoms with Crippen molar-refractivity contribution in [3.8, 4) is 11.3 Å². The summed E-state index contributed by atoms with van der Waals surface area (Å²) >= 11 is 0. The molecule has 0 amide bonds. The minimum atomic E-state index is -0.206. The van der Waals surface area contributed by atoms with E-state index >= 15 is 0 Å². The maximum absolute atomic E-state index is 13.1. The number of halogens is 2. The van der Waals surface area contributed by atoms with Crippen LogP contribution in [0.1, 0.15) is 17.3 Å². The van der Waals surface area contributed by atoms with Crippen LogP contribution >= 0.6 is 12.4 Å². The largest absolute Gasteiger partial charge is 0.368 e. The van der Waals surface area contributed by atoms with Crippen molar-refractivity contribution in [1.29, 1.82) is 0 Å². The number of ether oxygens (including phenoxy) is 1. The molecule has 2 aromatic heterocycles. The highest BCUT2D eigenvalue weighted by molar-refractivity contribution is 5.85. The van der Waals surface area contributed by atoms with Gasteiger partial charge in [-0.1, -0.05) is 17.3 Å². The molecule has 1 saturated heterocycles. The van der Waals surface area contributed by atoms with E-state index in [0.717, 1.165) is 42.1 Å². The molecule has 5 rings (SSSR count). The lowest BCUT2D eigenvalue weighted by Gasteiger charge is -2.26. The molecule has 1 aromatic carbocycles. The zero-order valence-electron chi connectivity index (χ0n) is 14.5. The number of fused-ring (bicyclic) bond motifs is 3. The summed E-state index contributed by atoms with van der Waals surface area (Å²) in [4.78, 5) is 6.49. The van der Waals surface area contributed by atoms with Crippen LogP contribution in [0.25, 0.3) is 11.3 Å². The van der Waals surface area contributed by atoms with E-state index in [1.807, 2.05) is 28.9 Å². The van der Waals surface area contributed by atoms with Gasteiger partial charge >= 0.3 is 0 Å². The van der Waals surface area contributed by atoms with E-state index in [0.29, 0.717) is 6.61 Å². The summed E-state index contributed by atoms with van der Waals surface area (Å²) < 4.78 is 21.2. The van der Waals surface area contributed by atoms with Crippen molar-refractivity contribution in [2.45, 2.75) is 25.3 Å². The van der Waals surface area contributed by atoms with Crippen LogP contribution in [-0.4, -0.2) is 44.1 Å². The Balaban J connectivity index is 0.00000180. The Hall–Kier alpha value is -2.35. The molecular weight excluding hydrogens is 369 g/mol. The van der Waals surface area contributed by atoms with Gasteiger partial charge in [-0.15, -0.1) is 17.5 Å². The molecule has 140 valence electrons. The predicted molar refractivity (Wildman–Crippen MR) is 99.8 cm³/mol. The highest BCUT2D eigenvalue weighted by Crippen LogP contribution is 2.34. The Morgan fingerprint density at radius 2 is 2.00 bits per heavy atom. The van der Waals surface area contributed by atoms with Crippen molar-refractivity contribution in [2.24, 2.45) is 0 Å². The number of hydrogen-bond donors (Lipinski definition) is 0. The fourth-order valence-corrected chi connectivity index (χ4v) is 3.84. The first kappa shape index (κ1) is 18.0. The quantitative estimate of drug-likeness (QED) is 0.691. The van der Waals surface area contributed by atoms with Crippen LogP contribution in [-0.2, 0) is 17.9 Å². The monoisotopic (exact) mass is 387 g/mol. The Bertz CT molecular complexity index is 918. The van der Waals surface area contributed by atoms with Crippen molar-refractivity contribution in [3.05, 3.63) is 65.9 Å². The SMILES string of the molecule is Cl.Fc1ccc(CN2C[C@@H]3OCc4c(-c5cccnc5)nnn4[C@H]3C2)cc1. The smallest absolute Gasteiger partial charge is 0.123 e. The topological polar surface area (TPSA) is 56.1 Å². The van der Waals surface area contributed by atoms with E-state index < -0.39 is 0 Å². The molecular formula is C19H19ClFN5O. The second-order valence-electron chi connectivity index (χ2n) is 6.81. The summed E-state index contributed by atoms with van der Waals surface area (Å²) in [6.07, 6.45) is 3.65. The van der Waals surface area contributed by atoms with E-state index in [-0.39, 0.29) is 30.4 Å². The highest BCUT2D eigenvalue weighted by Gasteiger charge is 2.40. The third-order valence-electron chi connectivity index (χ3n) is 5.11. The van der Waals surface area contributed by atoms with Crippen molar-refractivity contribution >= 4 is 12.4 Å². The summed E-state index contributed by atoms with van der Waals surface area (Å²) in [7, 11) is 0. The fraction of sp³-hybridized carbons (Fsp3) is 0.316. The minimum absolute atomic E-state index is 0. The van der Waals surface area contributed by atoms with Gasteiger partial charge in [0, 0.05) is 37.6 Å². The first-order valence-corrected chi connectivity index (χ1v) is 8.71. The second-order valence-corrected chi connectivity index (χ2v) is 6.81. The maximum atomic E-state index is 13.1. The molecule has 8 heteroatoms. The molecule has 0 spiro atoms. The first-order valence-electron chi connectivity index (χ1n) is 8.71. The van der Waals surface area contributed by atoms with E-state index in [2.05, 4.69) is 20.2 Å². The molecule has 2 aliphatic rings. The minimum Gasteiger partial charge on any atom is -0.368 e. The van der Waals surface area contributed by atoms with E-state index in [9.17, 15) is 4.39 Å². The fourth-order valence-electron chi connectivity index (χ4n) is 3.84. The molecule has 0 aliphatic carbocycles. The third kappa shape index (κ3) is 3.34. The third-order valence-corrected chi connectivity index (χ3v) is 5.11. The van der Waals surface area contributed by atoms with Gasteiger partial charge in [-0.25, -0.2) is 9.07 Å². The van der Waals surface area contributed by atoms with E-state index in [4.69, 9.17) is 4.74 Å². The van der Waals surface area contributed by atoms with Gasteiger partial charge in [0.2, 0.25) is 0 Å².